The maximum atomic E-state index is 12.5. The summed E-state index contributed by atoms with van der Waals surface area (Å²) in [5.74, 6) is 2.66. The van der Waals surface area contributed by atoms with Crippen LogP contribution in [-0.2, 0) is 28.9 Å². The van der Waals surface area contributed by atoms with E-state index in [0.29, 0.717) is 12.3 Å². The number of carbonyl (C=O) groups is 1. The summed E-state index contributed by atoms with van der Waals surface area (Å²) < 4.78 is 7.76. The molecule has 0 radical (unpaired) electrons. The Morgan fingerprint density at radius 2 is 2.04 bits per heavy atom. The Bertz CT molecular complexity index is 786. The lowest BCUT2D eigenvalue weighted by atomic mass is 9.99. The fourth-order valence-corrected chi connectivity index (χ4v) is 4.19. The summed E-state index contributed by atoms with van der Waals surface area (Å²) in [5.41, 5.74) is 2.87. The minimum Gasteiger partial charge on any atom is -0.381 e. The first kappa shape index (κ1) is 18.2. The first-order valence-corrected chi connectivity index (χ1v) is 9.91. The molecule has 0 bridgehead atoms. The lowest BCUT2D eigenvalue weighted by molar-refractivity contribution is -0.121. The molecule has 0 saturated carbocycles. The molecule has 2 aromatic heterocycles. The number of rotatable bonds is 4. The first-order chi connectivity index (χ1) is 13.1. The largest absolute Gasteiger partial charge is 0.381 e. The summed E-state index contributed by atoms with van der Waals surface area (Å²) in [5, 5.41) is 19.2. The third-order valence-corrected chi connectivity index (χ3v) is 5.84. The molecule has 2 N–H and O–H groups in total. The van der Waals surface area contributed by atoms with Crippen LogP contribution in [-0.4, -0.2) is 50.1 Å². The van der Waals surface area contributed by atoms with Gasteiger partial charge in [-0.05, 0) is 39.5 Å². The van der Waals surface area contributed by atoms with Crippen molar-refractivity contribution in [3.63, 3.8) is 0 Å². The Morgan fingerprint density at radius 1 is 1.22 bits per heavy atom. The van der Waals surface area contributed by atoms with Gasteiger partial charge in [-0.2, -0.15) is 5.10 Å². The Morgan fingerprint density at radius 3 is 2.78 bits per heavy atom. The highest BCUT2D eigenvalue weighted by molar-refractivity contribution is 5.79. The predicted octanol–water partition coefficient (Wildman–Crippen LogP) is 1.58. The number of aromatic nitrogens is 5. The second-order valence-corrected chi connectivity index (χ2v) is 7.69. The van der Waals surface area contributed by atoms with E-state index >= 15 is 0 Å². The van der Waals surface area contributed by atoms with Crippen LogP contribution in [0.25, 0.3) is 0 Å². The number of hydrogen-bond donors (Lipinski definition) is 2. The molecule has 1 fully saturated rings. The van der Waals surface area contributed by atoms with Crippen LogP contribution in [0.15, 0.2) is 0 Å². The molecule has 8 heteroatoms. The van der Waals surface area contributed by atoms with Crippen molar-refractivity contribution in [2.45, 2.75) is 70.9 Å². The van der Waals surface area contributed by atoms with Gasteiger partial charge in [0.15, 0.2) is 0 Å². The number of carbonyl (C=O) groups excluding carboxylic acids is 1. The van der Waals surface area contributed by atoms with Crippen LogP contribution in [0.1, 0.15) is 60.2 Å². The van der Waals surface area contributed by atoms with E-state index in [1.165, 1.54) is 0 Å². The van der Waals surface area contributed by atoms with E-state index in [0.717, 1.165) is 80.5 Å². The molecule has 4 heterocycles. The van der Waals surface area contributed by atoms with Crippen molar-refractivity contribution in [1.29, 1.82) is 0 Å². The first-order valence-electron chi connectivity index (χ1n) is 9.91. The fourth-order valence-electron chi connectivity index (χ4n) is 4.19. The van der Waals surface area contributed by atoms with E-state index in [4.69, 9.17) is 4.74 Å². The van der Waals surface area contributed by atoms with Crippen LogP contribution >= 0.6 is 0 Å². The highest BCUT2D eigenvalue weighted by atomic mass is 16.5. The lowest BCUT2D eigenvalue weighted by Gasteiger charge is -2.22. The maximum absolute atomic E-state index is 12.5. The number of ether oxygens (including phenoxy) is 1. The summed E-state index contributed by atoms with van der Waals surface area (Å²) in [6, 6.07) is 0.175. The molecule has 4 rings (SSSR count). The van der Waals surface area contributed by atoms with Gasteiger partial charge in [0.25, 0.3) is 0 Å². The number of nitrogens with zero attached hydrogens (tertiary/aromatic N) is 4. The van der Waals surface area contributed by atoms with Crippen LogP contribution in [0.3, 0.4) is 0 Å². The minimum absolute atomic E-state index is 0.0647. The van der Waals surface area contributed by atoms with Gasteiger partial charge in [0.2, 0.25) is 5.91 Å². The molecule has 2 aromatic rings. The predicted molar refractivity (Wildman–Crippen MR) is 99.5 cm³/mol. The van der Waals surface area contributed by atoms with Crippen molar-refractivity contribution in [3.8, 4) is 0 Å². The molecule has 2 aliphatic rings. The zero-order valence-electron chi connectivity index (χ0n) is 16.1. The molecule has 8 nitrogen and oxygen atoms in total. The average molecular weight is 372 g/mol. The number of amides is 1. The highest BCUT2D eigenvalue weighted by Gasteiger charge is 2.26. The summed E-state index contributed by atoms with van der Waals surface area (Å²) in [6.07, 6.45) is 5.08. The quantitative estimate of drug-likeness (QED) is 0.849. The zero-order valence-corrected chi connectivity index (χ0v) is 16.1. The van der Waals surface area contributed by atoms with E-state index in [1.54, 1.807) is 0 Å². The van der Waals surface area contributed by atoms with Gasteiger partial charge in [-0.1, -0.05) is 0 Å². The van der Waals surface area contributed by atoms with E-state index in [9.17, 15) is 4.79 Å². The van der Waals surface area contributed by atoms with E-state index in [1.807, 2.05) is 13.8 Å². The zero-order chi connectivity index (χ0) is 18.8. The van der Waals surface area contributed by atoms with Gasteiger partial charge in [-0.25, -0.2) is 0 Å². The van der Waals surface area contributed by atoms with Gasteiger partial charge in [0.05, 0.1) is 12.1 Å². The Hall–Kier alpha value is -2.22. The van der Waals surface area contributed by atoms with Gasteiger partial charge >= 0.3 is 0 Å². The third kappa shape index (κ3) is 3.90. The number of aryl methyl sites for hydroxylation is 3. The molecule has 1 atom stereocenters. The molecule has 0 aliphatic carbocycles. The monoisotopic (exact) mass is 372 g/mol. The van der Waals surface area contributed by atoms with Crippen molar-refractivity contribution in [2.75, 3.05) is 13.2 Å². The molecular formula is C19H28N6O2. The van der Waals surface area contributed by atoms with Gasteiger partial charge in [-0.15, -0.1) is 10.2 Å². The van der Waals surface area contributed by atoms with Crippen molar-refractivity contribution in [1.82, 2.24) is 30.3 Å². The number of aromatic amines is 1. The van der Waals surface area contributed by atoms with Gasteiger partial charge in [-0.3, -0.25) is 9.89 Å². The summed E-state index contributed by atoms with van der Waals surface area (Å²) in [4.78, 5) is 12.5. The number of fused-ring (bicyclic) bond motifs is 1. The van der Waals surface area contributed by atoms with Gasteiger partial charge in [0, 0.05) is 49.4 Å². The Kier molecular flexibility index (Phi) is 5.24. The number of H-pyrrole nitrogens is 1. The molecule has 146 valence electrons. The molecule has 1 amide bonds. The van der Waals surface area contributed by atoms with Crippen LogP contribution in [0.4, 0.5) is 0 Å². The average Bonchev–Trinajstić information content (AvgIpc) is 3.16. The summed E-state index contributed by atoms with van der Waals surface area (Å²) >= 11 is 0. The summed E-state index contributed by atoms with van der Waals surface area (Å²) in [7, 11) is 0. The van der Waals surface area contributed by atoms with E-state index in [-0.39, 0.29) is 11.9 Å². The standard InChI is InChI=1S/C19H28N6O2/c1-12-16(13(2)22-21-12)11-18(26)20-15-3-4-17-23-24-19(25(17)8-5-15)14-6-9-27-10-7-14/h14-15H,3-11H2,1-2H3,(H,20,26)(H,21,22). The van der Waals surface area contributed by atoms with Gasteiger partial charge < -0.3 is 14.6 Å². The molecular weight excluding hydrogens is 344 g/mol. The third-order valence-electron chi connectivity index (χ3n) is 5.84. The SMILES string of the molecule is Cc1n[nH]c(C)c1CC(=O)NC1CCc2nnc(C3CCOCC3)n2CC1. The molecule has 1 unspecified atom stereocenters. The van der Waals surface area contributed by atoms with Crippen LogP contribution in [0.2, 0.25) is 0 Å². The van der Waals surface area contributed by atoms with Crippen molar-refractivity contribution in [2.24, 2.45) is 0 Å². The number of nitrogens with one attached hydrogen (secondary N) is 2. The molecule has 27 heavy (non-hydrogen) atoms. The van der Waals surface area contributed by atoms with Crippen LogP contribution in [0, 0.1) is 13.8 Å². The van der Waals surface area contributed by atoms with Crippen LogP contribution < -0.4 is 5.32 Å². The summed E-state index contributed by atoms with van der Waals surface area (Å²) in [6.45, 7) is 6.36. The topological polar surface area (TPSA) is 97.7 Å². The smallest absolute Gasteiger partial charge is 0.224 e. The Balaban J connectivity index is 1.37. The van der Waals surface area contributed by atoms with Crippen molar-refractivity contribution in [3.05, 3.63) is 28.6 Å². The fraction of sp³-hybridized carbons (Fsp3) is 0.684. The van der Waals surface area contributed by atoms with Crippen molar-refractivity contribution >= 4 is 5.91 Å². The lowest BCUT2D eigenvalue weighted by Crippen LogP contribution is -2.36. The maximum Gasteiger partial charge on any atom is 0.224 e. The van der Waals surface area contributed by atoms with E-state index < -0.39 is 0 Å². The molecule has 0 aromatic carbocycles. The number of hydrogen-bond acceptors (Lipinski definition) is 5. The second kappa shape index (κ2) is 7.80. The molecule has 0 spiro atoms. The highest BCUT2D eigenvalue weighted by Crippen LogP contribution is 2.27. The normalized spacial score (nSPS) is 20.9. The van der Waals surface area contributed by atoms with Gasteiger partial charge in [0.1, 0.15) is 11.6 Å². The van der Waals surface area contributed by atoms with E-state index in [2.05, 4.69) is 30.3 Å². The second-order valence-electron chi connectivity index (χ2n) is 7.69. The minimum atomic E-state index is 0.0647. The Labute approximate surface area is 159 Å². The van der Waals surface area contributed by atoms with Crippen LogP contribution in [0.5, 0.6) is 0 Å². The molecule has 2 aliphatic heterocycles. The molecule has 1 saturated heterocycles. The van der Waals surface area contributed by atoms with Crippen molar-refractivity contribution < 1.29 is 9.53 Å².